The lowest BCUT2D eigenvalue weighted by atomic mass is 9.91. The molecule has 1 amide bonds. The number of aryl methyl sites for hydroxylation is 1. The molecule has 0 atom stereocenters. The van der Waals surface area contributed by atoms with E-state index in [0.717, 1.165) is 31.4 Å². The summed E-state index contributed by atoms with van der Waals surface area (Å²) in [6.07, 6.45) is 7.75. The third-order valence-electron chi connectivity index (χ3n) is 3.50. The first-order chi connectivity index (χ1) is 8.72. The van der Waals surface area contributed by atoms with Crippen LogP contribution in [0, 0.1) is 6.92 Å². The zero-order valence-corrected chi connectivity index (χ0v) is 10.9. The first-order valence-electron chi connectivity index (χ1n) is 6.65. The molecule has 4 heteroatoms. The Morgan fingerprint density at radius 2 is 2.28 bits per heavy atom. The molecule has 0 saturated heterocycles. The summed E-state index contributed by atoms with van der Waals surface area (Å²) >= 11 is 0. The van der Waals surface area contributed by atoms with Crippen LogP contribution in [0.3, 0.4) is 0 Å². The van der Waals surface area contributed by atoms with Crippen molar-refractivity contribution in [1.82, 2.24) is 9.88 Å². The van der Waals surface area contributed by atoms with Crippen molar-refractivity contribution in [3.8, 4) is 0 Å². The Hall–Kier alpha value is -1.42. The molecule has 0 aliphatic heterocycles. The largest absolute Gasteiger partial charge is 0.336 e. The molecule has 1 aromatic heterocycles. The molecular weight excluding hydrogens is 226 g/mol. The summed E-state index contributed by atoms with van der Waals surface area (Å²) in [5.74, 6) is 0.101. The van der Waals surface area contributed by atoms with E-state index in [2.05, 4.69) is 4.98 Å². The molecule has 0 bridgehead atoms. The van der Waals surface area contributed by atoms with Gasteiger partial charge >= 0.3 is 0 Å². The lowest BCUT2D eigenvalue weighted by Crippen LogP contribution is -2.45. The first-order valence-corrected chi connectivity index (χ1v) is 6.65. The second kappa shape index (κ2) is 5.96. The summed E-state index contributed by atoms with van der Waals surface area (Å²) in [6.45, 7) is 3.34. The molecule has 2 rings (SSSR count). The van der Waals surface area contributed by atoms with E-state index in [1.165, 1.54) is 6.42 Å². The third-order valence-corrected chi connectivity index (χ3v) is 3.50. The summed E-state index contributed by atoms with van der Waals surface area (Å²) in [6, 6.07) is 2.31. The smallest absolute Gasteiger partial charge is 0.255 e. The SMILES string of the molecule is Cc1cncc(C(=O)N(CCCN)C2CCC2)c1. The summed E-state index contributed by atoms with van der Waals surface area (Å²) in [5.41, 5.74) is 7.26. The van der Waals surface area contributed by atoms with Crippen molar-refractivity contribution in [2.75, 3.05) is 13.1 Å². The topological polar surface area (TPSA) is 59.2 Å². The van der Waals surface area contributed by atoms with Gasteiger partial charge in [0.15, 0.2) is 0 Å². The highest BCUT2D eigenvalue weighted by Crippen LogP contribution is 2.26. The molecule has 0 spiro atoms. The molecule has 2 N–H and O–H groups in total. The van der Waals surface area contributed by atoms with Gasteiger partial charge in [0, 0.05) is 25.0 Å². The standard InChI is InChI=1S/C14H21N3O/c1-11-8-12(10-16-9-11)14(18)17(7-3-6-15)13-4-2-5-13/h8-10,13H,2-7,15H2,1H3. The molecule has 0 aromatic carbocycles. The Morgan fingerprint density at radius 3 is 2.83 bits per heavy atom. The lowest BCUT2D eigenvalue weighted by Gasteiger charge is -2.37. The van der Waals surface area contributed by atoms with Crippen molar-refractivity contribution in [2.45, 2.75) is 38.6 Å². The van der Waals surface area contributed by atoms with E-state index in [-0.39, 0.29) is 5.91 Å². The molecule has 1 aromatic rings. The molecular formula is C14H21N3O. The number of hydrogen-bond donors (Lipinski definition) is 1. The van der Waals surface area contributed by atoms with Gasteiger partial charge in [-0.1, -0.05) is 0 Å². The summed E-state index contributed by atoms with van der Waals surface area (Å²) in [4.78, 5) is 18.6. The van der Waals surface area contributed by atoms with Crippen LogP contribution in [-0.2, 0) is 0 Å². The van der Waals surface area contributed by atoms with E-state index < -0.39 is 0 Å². The van der Waals surface area contributed by atoms with Crippen molar-refractivity contribution in [1.29, 1.82) is 0 Å². The van der Waals surface area contributed by atoms with E-state index in [1.54, 1.807) is 12.4 Å². The highest BCUT2D eigenvalue weighted by atomic mass is 16.2. The first kappa shape index (κ1) is 13.0. The Bertz CT molecular complexity index is 415. The van der Waals surface area contributed by atoms with Gasteiger partial charge in [-0.05, 0) is 50.8 Å². The van der Waals surface area contributed by atoms with Crippen LogP contribution in [0.25, 0.3) is 0 Å². The fourth-order valence-corrected chi connectivity index (χ4v) is 2.25. The highest BCUT2D eigenvalue weighted by Gasteiger charge is 2.28. The monoisotopic (exact) mass is 247 g/mol. The van der Waals surface area contributed by atoms with Crippen molar-refractivity contribution >= 4 is 5.91 Å². The zero-order chi connectivity index (χ0) is 13.0. The normalized spacial score (nSPS) is 15.2. The van der Waals surface area contributed by atoms with Crippen molar-refractivity contribution in [3.05, 3.63) is 29.6 Å². The van der Waals surface area contributed by atoms with E-state index in [4.69, 9.17) is 5.73 Å². The maximum Gasteiger partial charge on any atom is 0.255 e. The van der Waals surface area contributed by atoms with Crippen LogP contribution in [0.5, 0.6) is 0 Å². The number of pyridine rings is 1. The zero-order valence-electron chi connectivity index (χ0n) is 10.9. The minimum absolute atomic E-state index is 0.101. The molecule has 18 heavy (non-hydrogen) atoms. The van der Waals surface area contributed by atoms with Crippen molar-refractivity contribution < 1.29 is 4.79 Å². The molecule has 98 valence electrons. The van der Waals surface area contributed by atoms with Gasteiger partial charge in [0.2, 0.25) is 0 Å². The Labute approximate surface area is 108 Å². The van der Waals surface area contributed by atoms with E-state index in [1.807, 2.05) is 17.9 Å². The maximum absolute atomic E-state index is 12.5. The summed E-state index contributed by atoms with van der Waals surface area (Å²) in [7, 11) is 0. The second-order valence-corrected chi connectivity index (χ2v) is 4.98. The van der Waals surface area contributed by atoms with Gasteiger partial charge in [-0.2, -0.15) is 0 Å². The van der Waals surface area contributed by atoms with Crippen LogP contribution in [0.15, 0.2) is 18.5 Å². The predicted octanol–water partition coefficient (Wildman–Crippen LogP) is 1.73. The number of carbonyl (C=O) groups is 1. The molecule has 1 saturated carbocycles. The molecule has 1 aliphatic rings. The van der Waals surface area contributed by atoms with Gasteiger partial charge in [0.05, 0.1) is 5.56 Å². The molecule has 0 unspecified atom stereocenters. The van der Waals surface area contributed by atoms with Crippen LogP contribution >= 0.6 is 0 Å². The lowest BCUT2D eigenvalue weighted by molar-refractivity contribution is 0.0578. The van der Waals surface area contributed by atoms with Gasteiger partial charge in [-0.25, -0.2) is 0 Å². The minimum atomic E-state index is 0.101. The summed E-state index contributed by atoms with van der Waals surface area (Å²) in [5, 5.41) is 0. The molecule has 4 nitrogen and oxygen atoms in total. The Kier molecular flexibility index (Phi) is 4.31. The van der Waals surface area contributed by atoms with Gasteiger partial charge in [-0.3, -0.25) is 9.78 Å². The number of nitrogens with zero attached hydrogens (tertiary/aromatic N) is 2. The van der Waals surface area contributed by atoms with E-state index in [9.17, 15) is 4.79 Å². The maximum atomic E-state index is 12.5. The Balaban J connectivity index is 2.11. The molecule has 0 radical (unpaired) electrons. The van der Waals surface area contributed by atoms with Gasteiger partial charge in [-0.15, -0.1) is 0 Å². The van der Waals surface area contributed by atoms with Crippen LogP contribution < -0.4 is 5.73 Å². The predicted molar refractivity (Wildman–Crippen MR) is 71.3 cm³/mol. The molecule has 1 fully saturated rings. The van der Waals surface area contributed by atoms with Gasteiger partial charge in [0.25, 0.3) is 5.91 Å². The molecule has 1 aliphatic carbocycles. The number of nitrogens with two attached hydrogens (primary N) is 1. The Morgan fingerprint density at radius 1 is 1.50 bits per heavy atom. The second-order valence-electron chi connectivity index (χ2n) is 4.98. The van der Waals surface area contributed by atoms with E-state index >= 15 is 0 Å². The quantitative estimate of drug-likeness (QED) is 0.862. The van der Waals surface area contributed by atoms with Crippen LogP contribution in [0.2, 0.25) is 0 Å². The van der Waals surface area contributed by atoms with Crippen LogP contribution in [-0.4, -0.2) is 34.9 Å². The number of carbonyl (C=O) groups excluding carboxylic acids is 1. The fraction of sp³-hybridized carbons (Fsp3) is 0.571. The minimum Gasteiger partial charge on any atom is -0.336 e. The average Bonchev–Trinajstić information content (AvgIpc) is 2.31. The van der Waals surface area contributed by atoms with Crippen molar-refractivity contribution in [3.63, 3.8) is 0 Å². The number of rotatable bonds is 5. The van der Waals surface area contributed by atoms with Crippen molar-refractivity contribution in [2.24, 2.45) is 5.73 Å². The number of aromatic nitrogens is 1. The number of amides is 1. The van der Waals surface area contributed by atoms with E-state index in [0.29, 0.717) is 18.2 Å². The van der Waals surface area contributed by atoms with Gasteiger partial charge < -0.3 is 10.6 Å². The number of hydrogen-bond acceptors (Lipinski definition) is 3. The third kappa shape index (κ3) is 2.88. The van der Waals surface area contributed by atoms with Crippen LogP contribution in [0.4, 0.5) is 0 Å². The van der Waals surface area contributed by atoms with Gasteiger partial charge in [0.1, 0.15) is 0 Å². The molecule has 1 heterocycles. The average molecular weight is 247 g/mol. The fourth-order valence-electron chi connectivity index (χ4n) is 2.25. The highest BCUT2D eigenvalue weighted by molar-refractivity contribution is 5.94. The van der Waals surface area contributed by atoms with Crippen LogP contribution in [0.1, 0.15) is 41.6 Å². The summed E-state index contributed by atoms with van der Waals surface area (Å²) < 4.78 is 0.